The van der Waals surface area contributed by atoms with Gasteiger partial charge in [0.25, 0.3) is 5.91 Å². The maximum atomic E-state index is 12.0. The number of benzene rings is 1. The zero-order chi connectivity index (χ0) is 14.0. The van der Waals surface area contributed by atoms with E-state index in [1.165, 1.54) is 0 Å². The molecule has 1 amide bonds. The molecule has 18 heavy (non-hydrogen) atoms. The van der Waals surface area contributed by atoms with E-state index in [9.17, 15) is 4.79 Å². The highest BCUT2D eigenvalue weighted by Crippen LogP contribution is 2.36. The van der Waals surface area contributed by atoms with Gasteiger partial charge in [0, 0.05) is 17.8 Å². The normalized spacial score (nSPS) is 12.3. The van der Waals surface area contributed by atoms with E-state index in [-0.39, 0.29) is 16.7 Å². The largest absolute Gasteiger partial charge is 0.399 e. The Labute approximate surface area is 110 Å². The fraction of sp³-hybridized carbons (Fsp3) is 0.533. The van der Waals surface area contributed by atoms with Crippen LogP contribution >= 0.6 is 0 Å². The molecule has 3 N–H and O–H groups in total. The molecule has 3 nitrogen and oxygen atoms in total. The standard InChI is InChI=1S/C15H24N2O/c1-14(2,3)15(4,5)10-17-13(18)11-6-8-12(16)9-7-11/h6-9H,10,16H2,1-5H3,(H,17,18). The summed E-state index contributed by atoms with van der Waals surface area (Å²) in [6.07, 6.45) is 0. The van der Waals surface area contributed by atoms with Crippen molar-refractivity contribution in [1.82, 2.24) is 5.32 Å². The third kappa shape index (κ3) is 3.49. The third-order valence-electron chi connectivity index (χ3n) is 3.89. The molecule has 0 atom stereocenters. The van der Waals surface area contributed by atoms with Crippen molar-refractivity contribution in [2.24, 2.45) is 10.8 Å². The van der Waals surface area contributed by atoms with Crippen LogP contribution in [0.25, 0.3) is 0 Å². The summed E-state index contributed by atoms with van der Waals surface area (Å²) < 4.78 is 0. The predicted octanol–water partition coefficient (Wildman–Crippen LogP) is 3.07. The van der Waals surface area contributed by atoms with Crippen LogP contribution in [0.3, 0.4) is 0 Å². The molecule has 100 valence electrons. The number of carbonyl (C=O) groups excluding carboxylic acids is 1. The van der Waals surface area contributed by atoms with Crippen LogP contribution in [0.2, 0.25) is 0 Å². The lowest BCUT2D eigenvalue weighted by atomic mass is 9.69. The lowest BCUT2D eigenvalue weighted by Crippen LogP contribution is -2.41. The van der Waals surface area contributed by atoms with Crippen molar-refractivity contribution in [3.8, 4) is 0 Å². The molecule has 0 radical (unpaired) electrons. The number of nitrogen functional groups attached to an aromatic ring is 1. The van der Waals surface area contributed by atoms with Gasteiger partial charge in [0.15, 0.2) is 0 Å². The predicted molar refractivity (Wildman–Crippen MR) is 76.4 cm³/mol. The smallest absolute Gasteiger partial charge is 0.251 e. The molecule has 0 aliphatic rings. The maximum absolute atomic E-state index is 12.0. The van der Waals surface area contributed by atoms with E-state index in [0.717, 1.165) is 0 Å². The summed E-state index contributed by atoms with van der Waals surface area (Å²) in [5, 5.41) is 2.99. The van der Waals surface area contributed by atoms with Gasteiger partial charge in [0.05, 0.1) is 0 Å². The SMILES string of the molecule is CC(C)(C)C(C)(C)CNC(=O)c1ccc(N)cc1. The van der Waals surface area contributed by atoms with E-state index in [4.69, 9.17) is 5.73 Å². The number of carbonyl (C=O) groups is 1. The quantitative estimate of drug-likeness (QED) is 0.808. The Morgan fingerprint density at radius 1 is 1.11 bits per heavy atom. The van der Waals surface area contributed by atoms with E-state index in [0.29, 0.717) is 17.8 Å². The lowest BCUT2D eigenvalue weighted by molar-refractivity contribution is 0.0867. The van der Waals surface area contributed by atoms with Crippen molar-refractivity contribution in [3.05, 3.63) is 29.8 Å². The Morgan fingerprint density at radius 3 is 2.06 bits per heavy atom. The summed E-state index contributed by atoms with van der Waals surface area (Å²) >= 11 is 0. The van der Waals surface area contributed by atoms with Crippen molar-refractivity contribution >= 4 is 11.6 Å². The van der Waals surface area contributed by atoms with Crippen molar-refractivity contribution in [3.63, 3.8) is 0 Å². The Kier molecular flexibility index (Phi) is 4.05. The molecule has 0 unspecified atom stereocenters. The van der Waals surface area contributed by atoms with E-state index in [1.54, 1.807) is 24.3 Å². The van der Waals surface area contributed by atoms with Crippen LogP contribution in [0.15, 0.2) is 24.3 Å². The first-order valence-corrected chi connectivity index (χ1v) is 6.27. The average molecular weight is 248 g/mol. The summed E-state index contributed by atoms with van der Waals surface area (Å²) in [6, 6.07) is 6.97. The van der Waals surface area contributed by atoms with Gasteiger partial charge in [0.1, 0.15) is 0 Å². The average Bonchev–Trinajstić information content (AvgIpc) is 2.25. The summed E-state index contributed by atoms with van der Waals surface area (Å²) in [5.74, 6) is -0.0488. The second kappa shape index (κ2) is 5.01. The topological polar surface area (TPSA) is 55.1 Å². The molecule has 1 aromatic rings. The number of rotatable bonds is 3. The number of nitrogens with two attached hydrogens (primary N) is 1. The van der Waals surface area contributed by atoms with E-state index >= 15 is 0 Å². The van der Waals surface area contributed by atoms with Crippen LogP contribution in [0.4, 0.5) is 5.69 Å². The summed E-state index contributed by atoms with van der Waals surface area (Å²) in [6.45, 7) is 11.5. The van der Waals surface area contributed by atoms with Gasteiger partial charge in [-0.15, -0.1) is 0 Å². The third-order valence-corrected chi connectivity index (χ3v) is 3.89. The second-order valence-corrected chi connectivity index (χ2v) is 6.44. The molecule has 0 fully saturated rings. The van der Waals surface area contributed by atoms with Gasteiger partial charge in [0.2, 0.25) is 0 Å². The van der Waals surface area contributed by atoms with E-state index in [1.807, 2.05) is 0 Å². The van der Waals surface area contributed by atoms with Gasteiger partial charge in [-0.1, -0.05) is 34.6 Å². The molecule has 0 saturated carbocycles. The highest BCUT2D eigenvalue weighted by molar-refractivity contribution is 5.94. The summed E-state index contributed by atoms with van der Waals surface area (Å²) in [4.78, 5) is 12.0. The van der Waals surface area contributed by atoms with Crippen molar-refractivity contribution in [1.29, 1.82) is 0 Å². The van der Waals surface area contributed by atoms with E-state index < -0.39 is 0 Å². The van der Waals surface area contributed by atoms with E-state index in [2.05, 4.69) is 39.9 Å². The van der Waals surface area contributed by atoms with Gasteiger partial charge in [-0.05, 0) is 35.1 Å². The summed E-state index contributed by atoms with van der Waals surface area (Å²) in [5.41, 5.74) is 7.09. The van der Waals surface area contributed by atoms with Crippen molar-refractivity contribution in [2.45, 2.75) is 34.6 Å². The number of nitrogens with one attached hydrogen (secondary N) is 1. The minimum Gasteiger partial charge on any atom is -0.399 e. The second-order valence-electron chi connectivity index (χ2n) is 6.44. The van der Waals surface area contributed by atoms with Crippen LogP contribution in [-0.4, -0.2) is 12.5 Å². The first-order chi connectivity index (χ1) is 8.13. The first kappa shape index (κ1) is 14.6. The van der Waals surface area contributed by atoms with Crippen LogP contribution < -0.4 is 11.1 Å². The van der Waals surface area contributed by atoms with Gasteiger partial charge in [-0.3, -0.25) is 4.79 Å². The van der Waals surface area contributed by atoms with Crippen LogP contribution in [0.5, 0.6) is 0 Å². The Bertz CT molecular complexity index is 413. The molecular weight excluding hydrogens is 224 g/mol. The van der Waals surface area contributed by atoms with Gasteiger partial charge < -0.3 is 11.1 Å². The molecule has 1 rings (SSSR count). The molecule has 0 spiro atoms. The Balaban J connectivity index is 2.65. The molecule has 0 aliphatic carbocycles. The van der Waals surface area contributed by atoms with Gasteiger partial charge >= 0.3 is 0 Å². The summed E-state index contributed by atoms with van der Waals surface area (Å²) in [7, 11) is 0. The number of anilines is 1. The fourth-order valence-electron chi connectivity index (χ4n) is 1.30. The zero-order valence-corrected chi connectivity index (χ0v) is 12.0. The maximum Gasteiger partial charge on any atom is 0.251 e. The minimum atomic E-state index is -0.0488. The van der Waals surface area contributed by atoms with Gasteiger partial charge in [-0.25, -0.2) is 0 Å². The zero-order valence-electron chi connectivity index (χ0n) is 12.0. The molecule has 0 aromatic heterocycles. The highest BCUT2D eigenvalue weighted by atomic mass is 16.1. The Hall–Kier alpha value is -1.51. The molecule has 0 bridgehead atoms. The van der Waals surface area contributed by atoms with Crippen LogP contribution in [0.1, 0.15) is 45.0 Å². The highest BCUT2D eigenvalue weighted by Gasteiger charge is 2.32. The molecule has 0 saturated heterocycles. The molecule has 1 aromatic carbocycles. The monoisotopic (exact) mass is 248 g/mol. The van der Waals surface area contributed by atoms with Crippen molar-refractivity contribution < 1.29 is 4.79 Å². The molecule has 3 heteroatoms. The number of hydrogen-bond donors (Lipinski definition) is 2. The van der Waals surface area contributed by atoms with Crippen molar-refractivity contribution in [2.75, 3.05) is 12.3 Å². The first-order valence-electron chi connectivity index (χ1n) is 6.27. The van der Waals surface area contributed by atoms with Gasteiger partial charge in [-0.2, -0.15) is 0 Å². The number of hydrogen-bond acceptors (Lipinski definition) is 2. The molecule has 0 aliphatic heterocycles. The molecule has 0 heterocycles. The van der Waals surface area contributed by atoms with Crippen LogP contribution in [-0.2, 0) is 0 Å². The minimum absolute atomic E-state index is 0.0382. The number of amides is 1. The Morgan fingerprint density at radius 2 is 1.61 bits per heavy atom. The fourth-order valence-corrected chi connectivity index (χ4v) is 1.30. The molecular formula is C15H24N2O. The lowest BCUT2D eigenvalue weighted by Gasteiger charge is -2.38. The van der Waals surface area contributed by atoms with Crippen LogP contribution in [0, 0.1) is 10.8 Å².